The molecule has 2 N–H and O–H groups in total. The minimum atomic E-state index is -0.771. The molecule has 2 heterocycles. The average molecular weight is 420 g/mol. The first-order valence-electron chi connectivity index (χ1n) is 10.1. The number of nitrogens with zero attached hydrogens (tertiary/aromatic N) is 2. The van der Waals surface area contributed by atoms with Gasteiger partial charge in [0.15, 0.2) is 11.5 Å². The lowest BCUT2D eigenvalue weighted by Crippen LogP contribution is -2.43. The first-order valence-corrected chi connectivity index (χ1v) is 10.1. The van der Waals surface area contributed by atoms with E-state index in [0.29, 0.717) is 23.1 Å². The van der Waals surface area contributed by atoms with E-state index >= 15 is 0 Å². The van der Waals surface area contributed by atoms with Crippen molar-refractivity contribution in [2.75, 3.05) is 6.79 Å². The van der Waals surface area contributed by atoms with Crippen LogP contribution >= 0.6 is 0 Å². The summed E-state index contributed by atoms with van der Waals surface area (Å²) in [5.41, 5.74) is 4.89. The lowest BCUT2D eigenvalue weighted by atomic mass is 10.1. The van der Waals surface area contributed by atoms with Gasteiger partial charge in [-0.2, -0.15) is 5.10 Å². The Kier molecular flexibility index (Phi) is 5.62. The molecule has 8 nitrogen and oxygen atoms in total. The number of para-hydroxylation sites is 1. The molecule has 160 valence electrons. The number of aromatic nitrogens is 1. The van der Waals surface area contributed by atoms with Crippen LogP contribution in [0.1, 0.15) is 42.7 Å². The van der Waals surface area contributed by atoms with E-state index in [0.717, 1.165) is 16.5 Å². The first-order chi connectivity index (χ1) is 14.9. The lowest BCUT2D eigenvalue weighted by Gasteiger charge is -2.12. The van der Waals surface area contributed by atoms with Crippen molar-refractivity contribution in [3.05, 3.63) is 59.8 Å². The number of carbonyl (C=O) groups excluding carboxylic acids is 2. The Bertz CT molecular complexity index is 1170. The summed E-state index contributed by atoms with van der Waals surface area (Å²) in [4.78, 5) is 24.8. The number of hydrazone groups is 1. The highest BCUT2D eigenvalue weighted by molar-refractivity contribution is 6.00. The van der Waals surface area contributed by atoms with E-state index < -0.39 is 11.9 Å². The maximum Gasteiger partial charge on any atom is 0.262 e. The maximum atomic E-state index is 12.4. The largest absolute Gasteiger partial charge is 0.454 e. The predicted octanol–water partition coefficient (Wildman–Crippen LogP) is 3.22. The minimum absolute atomic E-state index is 0.132. The third-order valence-corrected chi connectivity index (χ3v) is 5.08. The summed E-state index contributed by atoms with van der Waals surface area (Å²) >= 11 is 0. The number of ether oxygens (including phenoxy) is 2. The van der Waals surface area contributed by atoms with Crippen molar-refractivity contribution in [2.45, 2.75) is 32.9 Å². The smallest absolute Gasteiger partial charge is 0.262 e. The van der Waals surface area contributed by atoms with Gasteiger partial charge in [0.2, 0.25) is 6.79 Å². The highest BCUT2D eigenvalue weighted by atomic mass is 16.7. The van der Waals surface area contributed by atoms with Gasteiger partial charge in [-0.1, -0.05) is 18.2 Å². The van der Waals surface area contributed by atoms with Gasteiger partial charge in [0.1, 0.15) is 6.04 Å². The summed E-state index contributed by atoms with van der Waals surface area (Å²) < 4.78 is 12.7. The standard InChI is InChI=1S/C23H24N4O4/c1-14(2)27-12-17(18-6-4-5-7-19(18)27)11-24-26-22(28)15(3)25-23(29)16-8-9-20-21(10-16)31-13-30-20/h4-12,14-15H,13H2,1-3H3,(H,25,29)(H,26,28)/b24-11-/t15-/m0/s1. The second-order valence-electron chi connectivity index (χ2n) is 7.60. The normalized spacial score (nSPS) is 13.7. The molecular formula is C23H24N4O4. The van der Waals surface area contributed by atoms with Crippen LogP contribution in [0.25, 0.3) is 10.9 Å². The number of hydrogen-bond donors (Lipinski definition) is 2. The molecule has 0 saturated carbocycles. The van der Waals surface area contributed by atoms with E-state index in [1.807, 2.05) is 24.4 Å². The van der Waals surface area contributed by atoms with Gasteiger partial charge in [0, 0.05) is 34.3 Å². The van der Waals surface area contributed by atoms with Crippen LogP contribution < -0.4 is 20.2 Å². The molecule has 1 aliphatic rings. The second kappa shape index (κ2) is 8.51. The molecule has 2 aromatic carbocycles. The van der Waals surface area contributed by atoms with Gasteiger partial charge < -0.3 is 19.4 Å². The number of nitrogens with one attached hydrogen (secondary N) is 2. The summed E-state index contributed by atoms with van der Waals surface area (Å²) in [6, 6.07) is 12.4. The van der Waals surface area contributed by atoms with Crippen molar-refractivity contribution in [3.63, 3.8) is 0 Å². The molecule has 0 fully saturated rings. The van der Waals surface area contributed by atoms with Gasteiger partial charge in [-0.05, 0) is 45.0 Å². The zero-order valence-electron chi connectivity index (χ0n) is 17.6. The Hall–Kier alpha value is -3.81. The number of carbonyl (C=O) groups is 2. The minimum Gasteiger partial charge on any atom is -0.454 e. The molecule has 0 unspecified atom stereocenters. The number of rotatable bonds is 6. The van der Waals surface area contributed by atoms with Crippen molar-refractivity contribution in [1.29, 1.82) is 0 Å². The summed E-state index contributed by atoms with van der Waals surface area (Å²) in [5.74, 6) is 0.299. The highest BCUT2D eigenvalue weighted by Crippen LogP contribution is 2.32. The number of fused-ring (bicyclic) bond motifs is 2. The summed E-state index contributed by atoms with van der Waals surface area (Å²) in [7, 11) is 0. The molecule has 0 bridgehead atoms. The molecule has 0 saturated heterocycles. The van der Waals surface area contributed by atoms with Gasteiger partial charge in [0.05, 0.1) is 6.21 Å². The predicted molar refractivity (Wildman–Crippen MR) is 118 cm³/mol. The molecule has 31 heavy (non-hydrogen) atoms. The molecule has 4 rings (SSSR count). The van der Waals surface area contributed by atoms with E-state index in [4.69, 9.17) is 9.47 Å². The Morgan fingerprint density at radius 2 is 1.87 bits per heavy atom. The molecular weight excluding hydrogens is 396 g/mol. The molecule has 8 heteroatoms. The van der Waals surface area contributed by atoms with Crippen LogP contribution in [-0.2, 0) is 4.79 Å². The van der Waals surface area contributed by atoms with Crippen molar-refractivity contribution < 1.29 is 19.1 Å². The van der Waals surface area contributed by atoms with E-state index in [2.05, 4.69) is 40.3 Å². The van der Waals surface area contributed by atoms with Gasteiger partial charge in [-0.3, -0.25) is 9.59 Å². The van der Waals surface area contributed by atoms with Gasteiger partial charge in [0.25, 0.3) is 11.8 Å². The van der Waals surface area contributed by atoms with Crippen molar-refractivity contribution in [2.24, 2.45) is 5.10 Å². The lowest BCUT2D eigenvalue weighted by molar-refractivity contribution is -0.122. The second-order valence-corrected chi connectivity index (χ2v) is 7.60. The van der Waals surface area contributed by atoms with Crippen LogP contribution in [-0.4, -0.2) is 35.4 Å². The molecule has 0 spiro atoms. The molecule has 1 aliphatic heterocycles. The van der Waals surface area contributed by atoms with Gasteiger partial charge >= 0.3 is 0 Å². The molecule has 0 aliphatic carbocycles. The average Bonchev–Trinajstić information content (AvgIpc) is 3.38. The molecule has 2 amide bonds. The Morgan fingerprint density at radius 3 is 2.68 bits per heavy atom. The molecule has 0 radical (unpaired) electrons. The van der Waals surface area contributed by atoms with Crippen LogP contribution in [0.4, 0.5) is 0 Å². The third kappa shape index (κ3) is 4.23. The molecule has 1 aromatic heterocycles. The van der Waals surface area contributed by atoms with E-state index in [9.17, 15) is 9.59 Å². The fraction of sp³-hybridized carbons (Fsp3) is 0.261. The fourth-order valence-electron chi connectivity index (χ4n) is 3.41. The number of benzene rings is 2. The SMILES string of the molecule is CC(C)n1cc(/C=N\NC(=O)[C@H](C)NC(=O)c2ccc3c(c2)OCO3)c2ccccc21. The monoisotopic (exact) mass is 420 g/mol. The molecule has 1 atom stereocenters. The Labute approximate surface area is 179 Å². The number of hydrogen-bond acceptors (Lipinski definition) is 5. The van der Waals surface area contributed by atoms with E-state index in [1.54, 1.807) is 31.3 Å². The first kappa shape index (κ1) is 20.5. The van der Waals surface area contributed by atoms with Crippen LogP contribution in [0.15, 0.2) is 53.8 Å². The van der Waals surface area contributed by atoms with E-state index in [-0.39, 0.29) is 12.7 Å². The van der Waals surface area contributed by atoms with Gasteiger partial charge in [-0.15, -0.1) is 0 Å². The van der Waals surface area contributed by atoms with Gasteiger partial charge in [-0.25, -0.2) is 5.43 Å². The van der Waals surface area contributed by atoms with Crippen molar-refractivity contribution >= 4 is 28.9 Å². The van der Waals surface area contributed by atoms with Crippen LogP contribution in [0.3, 0.4) is 0 Å². The zero-order chi connectivity index (χ0) is 22.0. The maximum absolute atomic E-state index is 12.4. The number of amides is 2. The fourth-order valence-corrected chi connectivity index (χ4v) is 3.41. The highest BCUT2D eigenvalue weighted by Gasteiger charge is 2.19. The van der Waals surface area contributed by atoms with E-state index in [1.165, 1.54) is 0 Å². The summed E-state index contributed by atoms with van der Waals surface area (Å²) in [6.45, 7) is 5.95. The van der Waals surface area contributed by atoms with Crippen LogP contribution in [0, 0.1) is 0 Å². The summed E-state index contributed by atoms with van der Waals surface area (Å²) in [5, 5.41) is 7.80. The van der Waals surface area contributed by atoms with Crippen molar-refractivity contribution in [3.8, 4) is 11.5 Å². The Morgan fingerprint density at radius 1 is 1.10 bits per heavy atom. The van der Waals surface area contributed by atoms with Crippen LogP contribution in [0.5, 0.6) is 11.5 Å². The zero-order valence-corrected chi connectivity index (χ0v) is 17.6. The topological polar surface area (TPSA) is 94.0 Å². The summed E-state index contributed by atoms with van der Waals surface area (Å²) in [6.07, 6.45) is 3.63. The third-order valence-electron chi connectivity index (χ3n) is 5.08. The van der Waals surface area contributed by atoms with Crippen LogP contribution in [0.2, 0.25) is 0 Å². The quantitative estimate of drug-likeness (QED) is 0.473. The molecule has 3 aromatic rings. The Balaban J connectivity index is 1.39. The van der Waals surface area contributed by atoms with Crippen molar-refractivity contribution in [1.82, 2.24) is 15.3 Å².